The number of halogens is 2. The third kappa shape index (κ3) is 4.82. The number of rotatable bonds is 5. The van der Waals surface area contributed by atoms with Gasteiger partial charge in [-0.1, -0.05) is 35.3 Å². The van der Waals surface area contributed by atoms with Crippen LogP contribution in [-0.2, 0) is 9.59 Å². The standard InChI is InChI=1S/C21H21Cl2N3O3/c22-15-10-16(23)20(24-11-15)29-18-6-2-1-5-17(18)25-19(27)14-4-3-9-26(12-14)21(28)13-7-8-13/h1-2,5-6,10-11,13-14H,3-4,7-9,12H2,(H,25,27). The van der Waals surface area contributed by atoms with E-state index < -0.39 is 0 Å². The summed E-state index contributed by atoms with van der Waals surface area (Å²) < 4.78 is 5.80. The lowest BCUT2D eigenvalue weighted by Crippen LogP contribution is -2.44. The van der Waals surface area contributed by atoms with Crippen LogP contribution >= 0.6 is 23.2 Å². The van der Waals surface area contributed by atoms with E-state index in [2.05, 4.69) is 10.3 Å². The van der Waals surface area contributed by atoms with E-state index in [9.17, 15) is 9.59 Å². The van der Waals surface area contributed by atoms with E-state index in [1.165, 1.54) is 6.20 Å². The normalized spacial score (nSPS) is 19.0. The molecule has 1 saturated carbocycles. The number of carbonyl (C=O) groups excluding carboxylic acids is 2. The highest BCUT2D eigenvalue weighted by molar-refractivity contribution is 6.35. The summed E-state index contributed by atoms with van der Waals surface area (Å²) in [7, 11) is 0. The fourth-order valence-corrected chi connectivity index (χ4v) is 3.87. The first-order valence-electron chi connectivity index (χ1n) is 9.69. The highest BCUT2D eigenvalue weighted by Gasteiger charge is 2.36. The summed E-state index contributed by atoms with van der Waals surface area (Å²) in [6.45, 7) is 1.20. The summed E-state index contributed by atoms with van der Waals surface area (Å²) in [5.74, 6) is 0.634. The number of carbonyl (C=O) groups is 2. The van der Waals surface area contributed by atoms with Crippen LogP contribution in [0.25, 0.3) is 0 Å². The third-order valence-corrected chi connectivity index (χ3v) is 5.63. The van der Waals surface area contributed by atoms with E-state index in [-0.39, 0.29) is 34.6 Å². The summed E-state index contributed by atoms with van der Waals surface area (Å²) in [6.07, 6.45) is 4.97. The molecule has 2 fully saturated rings. The second kappa shape index (κ2) is 8.59. The molecule has 1 unspecified atom stereocenters. The Bertz CT molecular complexity index is 933. The number of piperidine rings is 1. The number of para-hydroxylation sites is 2. The van der Waals surface area contributed by atoms with Gasteiger partial charge in [-0.3, -0.25) is 9.59 Å². The van der Waals surface area contributed by atoms with Gasteiger partial charge in [-0.05, 0) is 43.9 Å². The SMILES string of the molecule is O=C(Nc1ccccc1Oc1ncc(Cl)cc1Cl)C1CCCN(C(=O)C2CC2)C1. The Morgan fingerprint density at radius 1 is 1.14 bits per heavy atom. The van der Waals surface area contributed by atoms with Crippen LogP contribution in [0.5, 0.6) is 11.6 Å². The summed E-state index contributed by atoms with van der Waals surface area (Å²) in [4.78, 5) is 31.1. The number of amides is 2. The van der Waals surface area contributed by atoms with Gasteiger partial charge in [-0.25, -0.2) is 4.98 Å². The quantitative estimate of drug-likeness (QED) is 0.736. The lowest BCUT2D eigenvalue weighted by atomic mass is 9.96. The van der Waals surface area contributed by atoms with E-state index in [1.54, 1.807) is 24.3 Å². The molecule has 2 heterocycles. The molecule has 2 amide bonds. The minimum absolute atomic E-state index is 0.121. The lowest BCUT2D eigenvalue weighted by Gasteiger charge is -2.32. The van der Waals surface area contributed by atoms with E-state index in [0.29, 0.717) is 23.0 Å². The Morgan fingerprint density at radius 3 is 2.69 bits per heavy atom. The third-order valence-electron chi connectivity index (χ3n) is 5.16. The summed E-state index contributed by atoms with van der Waals surface area (Å²) in [5, 5.41) is 3.62. The van der Waals surface area contributed by atoms with Crippen LogP contribution < -0.4 is 10.1 Å². The molecule has 1 saturated heterocycles. The maximum Gasteiger partial charge on any atom is 0.238 e. The number of likely N-dealkylation sites (tertiary alicyclic amines) is 1. The smallest absolute Gasteiger partial charge is 0.238 e. The highest BCUT2D eigenvalue weighted by atomic mass is 35.5. The van der Waals surface area contributed by atoms with E-state index >= 15 is 0 Å². The molecule has 0 bridgehead atoms. The van der Waals surface area contributed by atoms with Crippen molar-refractivity contribution in [2.75, 3.05) is 18.4 Å². The van der Waals surface area contributed by atoms with Crippen molar-refractivity contribution in [3.05, 3.63) is 46.6 Å². The Balaban J connectivity index is 1.45. The van der Waals surface area contributed by atoms with Crippen molar-refractivity contribution in [1.29, 1.82) is 0 Å². The maximum absolute atomic E-state index is 12.9. The van der Waals surface area contributed by atoms with E-state index in [1.807, 2.05) is 11.0 Å². The van der Waals surface area contributed by atoms with Crippen LogP contribution in [0, 0.1) is 11.8 Å². The highest BCUT2D eigenvalue weighted by Crippen LogP contribution is 2.35. The van der Waals surface area contributed by atoms with Gasteiger partial charge in [-0.2, -0.15) is 0 Å². The molecule has 1 aliphatic heterocycles. The molecule has 1 aromatic carbocycles. The minimum Gasteiger partial charge on any atom is -0.435 e. The number of anilines is 1. The molecule has 1 atom stereocenters. The number of pyridine rings is 1. The van der Waals surface area contributed by atoms with Gasteiger partial charge in [0, 0.05) is 25.2 Å². The summed E-state index contributed by atoms with van der Waals surface area (Å²) in [5.41, 5.74) is 0.524. The summed E-state index contributed by atoms with van der Waals surface area (Å²) in [6, 6.07) is 8.63. The number of aromatic nitrogens is 1. The van der Waals surface area contributed by atoms with Crippen molar-refractivity contribution >= 4 is 40.7 Å². The van der Waals surface area contributed by atoms with Crippen LogP contribution in [-0.4, -0.2) is 34.8 Å². The summed E-state index contributed by atoms with van der Waals surface area (Å²) >= 11 is 12.0. The van der Waals surface area contributed by atoms with Crippen molar-refractivity contribution in [2.45, 2.75) is 25.7 Å². The fraction of sp³-hybridized carbons (Fsp3) is 0.381. The first-order chi connectivity index (χ1) is 14.0. The Kier molecular flexibility index (Phi) is 5.92. The van der Waals surface area contributed by atoms with Crippen LogP contribution in [0.2, 0.25) is 10.0 Å². The van der Waals surface area contributed by atoms with Gasteiger partial charge < -0.3 is 15.0 Å². The van der Waals surface area contributed by atoms with Gasteiger partial charge in [0.05, 0.1) is 16.6 Å². The van der Waals surface area contributed by atoms with E-state index in [0.717, 1.165) is 32.2 Å². The van der Waals surface area contributed by atoms with Gasteiger partial charge in [0.15, 0.2) is 5.75 Å². The van der Waals surface area contributed by atoms with Crippen LogP contribution in [0.3, 0.4) is 0 Å². The molecule has 0 spiro atoms. The van der Waals surface area contributed by atoms with Crippen molar-refractivity contribution < 1.29 is 14.3 Å². The number of benzene rings is 1. The average Bonchev–Trinajstić information content (AvgIpc) is 3.56. The molecular weight excluding hydrogens is 413 g/mol. The van der Waals surface area contributed by atoms with Crippen molar-refractivity contribution in [1.82, 2.24) is 9.88 Å². The molecule has 8 heteroatoms. The van der Waals surface area contributed by atoms with Crippen LogP contribution in [0.1, 0.15) is 25.7 Å². The van der Waals surface area contributed by atoms with Crippen molar-refractivity contribution in [2.24, 2.45) is 11.8 Å². The molecule has 152 valence electrons. The molecular formula is C21H21Cl2N3O3. The number of hydrogen-bond donors (Lipinski definition) is 1. The largest absolute Gasteiger partial charge is 0.435 e. The van der Waals surface area contributed by atoms with Gasteiger partial charge in [0.1, 0.15) is 5.02 Å². The molecule has 1 aliphatic carbocycles. The van der Waals surface area contributed by atoms with Gasteiger partial charge >= 0.3 is 0 Å². The van der Waals surface area contributed by atoms with Crippen LogP contribution in [0.4, 0.5) is 5.69 Å². The number of nitrogens with one attached hydrogen (secondary N) is 1. The second-order valence-electron chi connectivity index (χ2n) is 7.43. The van der Waals surface area contributed by atoms with E-state index in [4.69, 9.17) is 27.9 Å². The number of hydrogen-bond acceptors (Lipinski definition) is 4. The second-order valence-corrected chi connectivity index (χ2v) is 8.27. The fourth-order valence-electron chi connectivity index (χ4n) is 3.45. The zero-order valence-electron chi connectivity index (χ0n) is 15.7. The molecule has 2 aromatic rings. The Hall–Kier alpha value is -2.31. The molecule has 29 heavy (non-hydrogen) atoms. The first kappa shape index (κ1) is 20.0. The zero-order valence-corrected chi connectivity index (χ0v) is 17.2. The molecule has 2 aliphatic rings. The predicted octanol–water partition coefficient (Wildman–Crippen LogP) is 4.77. The Labute approximate surface area is 179 Å². The molecule has 4 rings (SSSR count). The monoisotopic (exact) mass is 433 g/mol. The average molecular weight is 434 g/mol. The Morgan fingerprint density at radius 2 is 1.93 bits per heavy atom. The maximum atomic E-state index is 12.9. The molecule has 1 N–H and O–H groups in total. The minimum atomic E-state index is -0.239. The van der Waals surface area contributed by atoms with Gasteiger partial charge in [0.25, 0.3) is 0 Å². The lowest BCUT2D eigenvalue weighted by molar-refractivity contribution is -0.135. The molecule has 6 nitrogen and oxygen atoms in total. The van der Waals surface area contributed by atoms with Crippen molar-refractivity contribution in [3.8, 4) is 11.6 Å². The first-order valence-corrected chi connectivity index (χ1v) is 10.4. The number of nitrogens with zero attached hydrogens (tertiary/aromatic N) is 2. The molecule has 1 aromatic heterocycles. The van der Waals surface area contributed by atoms with Gasteiger partial charge in [-0.15, -0.1) is 0 Å². The van der Waals surface area contributed by atoms with Gasteiger partial charge in [0.2, 0.25) is 17.7 Å². The topological polar surface area (TPSA) is 71.5 Å². The number of ether oxygens (including phenoxy) is 1. The molecule has 0 radical (unpaired) electrons. The zero-order chi connectivity index (χ0) is 20.4. The van der Waals surface area contributed by atoms with Crippen molar-refractivity contribution in [3.63, 3.8) is 0 Å². The van der Waals surface area contributed by atoms with Crippen LogP contribution in [0.15, 0.2) is 36.5 Å². The predicted molar refractivity (Wildman–Crippen MR) is 111 cm³/mol.